The summed E-state index contributed by atoms with van der Waals surface area (Å²) in [5.74, 6) is -0.162. The van der Waals surface area contributed by atoms with Crippen molar-refractivity contribution in [3.8, 4) is 0 Å². The number of hydrogen-bond acceptors (Lipinski definition) is 3. The third-order valence-electron chi connectivity index (χ3n) is 3.51. The Morgan fingerprint density at radius 1 is 1.35 bits per heavy atom. The van der Waals surface area contributed by atoms with Gasteiger partial charge in [-0.15, -0.1) is 0 Å². The Morgan fingerprint density at radius 2 is 2.05 bits per heavy atom. The van der Waals surface area contributed by atoms with Crippen LogP contribution < -0.4 is 5.43 Å². The maximum absolute atomic E-state index is 12.0. The zero-order chi connectivity index (χ0) is 14.5. The molecule has 1 amide bonds. The van der Waals surface area contributed by atoms with Gasteiger partial charge in [-0.2, -0.15) is 5.10 Å². The lowest BCUT2D eigenvalue weighted by Crippen LogP contribution is -2.39. The predicted molar refractivity (Wildman–Crippen MR) is 85.0 cm³/mol. The number of amides is 1. The number of rotatable bonds is 3. The van der Waals surface area contributed by atoms with E-state index in [0.29, 0.717) is 11.6 Å². The number of likely N-dealkylation sites (tertiary alicyclic amines) is 1. The summed E-state index contributed by atoms with van der Waals surface area (Å²) in [4.78, 5) is 14.4. The minimum Gasteiger partial charge on any atom is -0.300 e. The first kappa shape index (κ1) is 15.2. The zero-order valence-corrected chi connectivity index (χ0v) is 13.5. The Kier molecular flexibility index (Phi) is 5.31. The van der Waals surface area contributed by atoms with Gasteiger partial charge in [-0.3, -0.25) is 4.79 Å². The number of hydrogen-bond donors (Lipinski definition) is 1. The molecule has 1 heterocycles. The number of halogens is 1. The van der Waals surface area contributed by atoms with Crippen LogP contribution >= 0.6 is 15.9 Å². The van der Waals surface area contributed by atoms with Gasteiger partial charge in [0, 0.05) is 47.7 Å². The normalized spacial score (nSPS) is 16.3. The van der Waals surface area contributed by atoms with E-state index in [1.807, 2.05) is 12.1 Å². The quantitative estimate of drug-likeness (QED) is 0.861. The van der Waals surface area contributed by atoms with Gasteiger partial charge < -0.3 is 4.90 Å². The first-order valence-electron chi connectivity index (χ1n) is 6.91. The fourth-order valence-electron chi connectivity index (χ4n) is 2.23. The summed E-state index contributed by atoms with van der Waals surface area (Å²) in [6, 6.07) is 7.88. The molecule has 0 saturated carbocycles. The molecule has 1 aliphatic rings. The Balaban J connectivity index is 1.89. The van der Waals surface area contributed by atoms with Gasteiger partial charge in [0.25, 0.3) is 5.91 Å². The van der Waals surface area contributed by atoms with E-state index in [1.54, 1.807) is 12.1 Å². The van der Waals surface area contributed by atoms with Crippen LogP contribution in [0.4, 0.5) is 0 Å². The fraction of sp³-hybridized carbons (Fsp3) is 0.467. The highest BCUT2D eigenvalue weighted by Gasteiger charge is 2.17. The minimum atomic E-state index is -0.162. The molecule has 108 valence electrons. The predicted octanol–water partition coefficient (Wildman–Crippen LogP) is 3.04. The van der Waals surface area contributed by atoms with Gasteiger partial charge in [0.1, 0.15) is 0 Å². The molecule has 1 aliphatic heterocycles. The fourth-order valence-corrected chi connectivity index (χ4v) is 2.63. The standard InChI is InChI=1S/C15H20BrN3O/c1-11(2)19-8-6-14(7-9-19)17-18-15(20)12-4-3-5-13(16)10-12/h3-5,10-11H,6-9H2,1-2H3,(H,18,20). The molecule has 0 atom stereocenters. The summed E-state index contributed by atoms with van der Waals surface area (Å²) in [6.45, 7) is 6.45. The van der Waals surface area contributed by atoms with Crippen molar-refractivity contribution in [1.82, 2.24) is 10.3 Å². The summed E-state index contributed by atoms with van der Waals surface area (Å²) in [6.07, 6.45) is 1.86. The lowest BCUT2D eigenvalue weighted by Gasteiger charge is -2.30. The van der Waals surface area contributed by atoms with E-state index >= 15 is 0 Å². The first-order chi connectivity index (χ1) is 9.56. The maximum Gasteiger partial charge on any atom is 0.271 e. The molecule has 0 unspecified atom stereocenters. The van der Waals surface area contributed by atoms with Crippen molar-refractivity contribution in [1.29, 1.82) is 0 Å². The summed E-state index contributed by atoms with van der Waals surface area (Å²) >= 11 is 3.36. The lowest BCUT2D eigenvalue weighted by molar-refractivity contribution is 0.0954. The number of hydrazone groups is 1. The van der Waals surface area contributed by atoms with Crippen LogP contribution in [0.25, 0.3) is 0 Å². The van der Waals surface area contributed by atoms with E-state index < -0.39 is 0 Å². The molecule has 0 radical (unpaired) electrons. The molecular formula is C15H20BrN3O. The van der Waals surface area contributed by atoms with E-state index in [2.05, 4.69) is 45.2 Å². The van der Waals surface area contributed by atoms with Crippen LogP contribution in [0, 0.1) is 0 Å². The average molecular weight is 338 g/mol. The van der Waals surface area contributed by atoms with E-state index in [1.165, 1.54) is 0 Å². The van der Waals surface area contributed by atoms with E-state index in [0.717, 1.165) is 36.1 Å². The molecule has 1 aromatic carbocycles. The molecule has 4 nitrogen and oxygen atoms in total. The highest BCUT2D eigenvalue weighted by molar-refractivity contribution is 9.10. The molecule has 0 aromatic heterocycles. The van der Waals surface area contributed by atoms with E-state index in [9.17, 15) is 4.79 Å². The van der Waals surface area contributed by atoms with Crippen molar-refractivity contribution in [3.63, 3.8) is 0 Å². The number of benzene rings is 1. The molecule has 1 fully saturated rings. The first-order valence-corrected chi connectivity index (χ1v) is 7.71. The van der Waals surface area contributed by atoms with Crippen LogP contribution in [0.2, 0.25) is 0 Å². The average Bonchev–Trinajstić information content (AvgIpc) is 2.45. The molecular weight excluding hydrogens is 318 g/mol. The monoisotopic (exact) mass is 337 g/mol. The molecule has 1 aromatic rings. The van der Waals surface area contributed by atoms with Gasteiger partial charge in [-0.05, 0) is 32.0 Å². The second-order valence-corrected chi connectivity index (χ2v) is 6.17. The molecule has 2 rings (SSSR count). The summed E-state index contributed by atoms with van der Waals surface area (Å²) in [5.41, 5.74) is 4.34. The molecule has 0 aliphatic carbocycles. The van der Waals surface area contributed by atoms with Crippen molar-refractivity contribution < 1.29 is 4.79 Å². The number of nitrogens with one attached hydrogen (secondary N) is 1. The number of nitrogens with zero attached hydrogens (tertiary/aromatic N) is 2. The van der Waals surface area contributed by atoms with Crippen LogP contribution in [0.3, 0.4) is 0 Å². The van der Waals surface area contributed by atoms with Gasteiger partial charge in [0.15, 0.2) is 0 Å². The second kappa shape index (κ2) is 6.99. The van der Waals surface area contributed by atoms with Crippen LogP contribution in [0.5, 0.6) is 0 Å². The number of carbonyl (C=O) groups excluding carboxylic acids is 1. The van der Waals surface area contributed by atoms with Gasteiger partial charge in [0.05, 0.1) is 0 Å². The van der Waals surface area contributed by atoms with Gasteiger partial charge >= 0.3 is 0 Å². The van der Waals surface area contributed by atoms with E-state index in [-0.39, 0.29) is 5.91 Å². The van der Waals surface area contributed by atoms with Crippen LogP contribution in [0.1, 0.15) is 37.0 Å². The van der Waals surface area contributed by atoms with Crippen molar-refractivity contribution in [2.75, 3.05) is 13.1 Å². The van der Waals surface area contributed by atoms with Crippen LogP contribution in [0.15, 0.2) is 33.8 Å². The minimum absolute atomic E-state index is 0.162. The highest BCUT2D eigenvalue weighted by Crippen LogP contribution is 2.12. The maximum atomic E-state index is 12.0. The van der Waals surface area contributed by atoms with Crippen LogP contribution in [-0.4, -0.2) is 35.7 Å². The van der Waals surface area contributed by atoms with Crippen molar-refractivity contribution >= 4 is 27.5 Å². The SMILES string of the molecule is CC(C)N1CCC(=NNC(=O)c2cccc(Br)c2)CC1. The van der Waals surface area contributed by atoms with Crippen molar-refractivity contribution in [2.45, 2.75) is 32.7 Å². The smallest absolute Gasteiger partial charge is 0.271 e. The Labute approximate surface area is 128 Å². The topological polar surface area (TPSA) is 44.7 Å². The van der Waals surface area contributed by atoms with E-state index in [4.69, 9.17) is 0 Å². The second-order valence-electron chi connectivity index (χ2n) is 5.26. The van der Waals surface area contributed by atoms with Gasteiger partial charge in [-0.25, -0.2) is 5.43 Å². The Morgan fingerprint density at radius 3 is 2.65 bits per heavy atom. The summed E-state index contributed by atoms with van der Waals surface area (Å²) in [5, 5.41) is 4.26. The zero-order valence-electron chi connectivity index (χ0n) is 11.9. The largest absolute Gasteiger partial charge is 0.300 e. The third-order valence-corrected chi connectivity index (χ3v) is 4.00. The van der Waals surface area contributed by atoms with Crippen molar-refractivity contribution in [3.05, 3.63) is 34.3 Å². The number of piperidine rings is 1. The van der Waals surface area contributed by atoms with Gasteiger partial charge in [-0.1, -0.05) is 22.0 Å². The Bertz CT molecular complexity index is 504. The summed E-state index contributed by atoms with van der Waals surface area (Å²) in [7, 11) is 0. The molecule has 0 spiro atoms. The molecule has 5 heteroatoms. The summed E-state index contributed by atoms with van der Waals surface area (Å²) < 4.78 is 0.892. The third kappa shape index (κ3) is 4.15. The van der Waals surface area contributed by atoms with Gasteiger partial charge in [0.2, 0.25) is 0 Å². The molecule has 1 saturated heterocycles. The highest BCUT2D eigenvalue weighted by atomic mass is 79.9. The molecule has 0 bridgehead atoms. The van der Waals surface area contributed by atoms with Crippen LogP contribution in [-0.2, 0) is 0 Å². The molecule has 20 heavy (non-hydrogen) atoms. The van der Waals surface area contributed by atoms with Crippen molar-refractivity contribution in [2.24, 2.45) is 5.10 Å². The molecule has 1 N–H and O–H groups in total. The Hall–Kier alpha value is -1.20. The lowest BCUT2D eigenvalue weighted by atomic mass is 10.1. The number of carbonyl (C=O) groups is 1.